The molecular weight excluding hydrogens is 217 g/mol. The minimum Gasteiger partial charge on any atom is -0.346 e. The first-order valence-electron chi connectivity index (χ1n) is 6.01. The van der Waals surface area contributed by atoms with Gasteiger partial charge in [-0.25, -0.2) is 4.39 Å². The first-order valence-corrected chi connectivity index (χ1v) is 6.01. The highest BCUT2D eigenvalue weighted by atomic mass is 19.1. The molecule has 3 rings (SSSR count). The van der Waals surface area contributed by atoms with E-state index in [1.807, 2.05) is 10.8 Å². The van der Waals surface area contributed by atoms with Crippen LogP contribution in [0.3, 0.4) is 0 Å². The number of carbonyl (C=O) groups excluding carboxylic acids is 1. The van der Waals surface area contributed by atoms with Crippen LogP contribution in [0.5, 0.6) is 0 Å². The quantitative estimate of drug-likeness (QED) is 0.742. The molecule has 1 saturated carbocycles. The van der Waals surface area contributed by atoms with Crippen molar-refractivity contribution in [2.45, 2.75) is 25.8 Å². The summed E-state index contributed by atoms with van der Waals surface area (Å²) < 4.78 is 15.3. The highest BCUT2D eigenvalue weighted by Gasteiger charge is 2.19. The summed E-state index contributed by atoms with van der Waals surface area (Å²) in [6.45, 7) is 0.897. The molecule has 88 valence electrons. The van der Waals surface area contributed by atoms with Crippen molar-refractivity contribution < 1.29 is 9.18 Å². The van der Waals surface area contributed by atoms with Crippen LogP contribution < -0.4 is 0 Å². The van der Waals surface area contributed by atoms with Gasteiger partial charge in [0.05, 0.1) is 5.52 Å². The number of nitrogens with zero attached hydrogens (tertiary/aromatic N) is 1. The van der Waals surface area contributed by atoms with Crippen LogP contribution in [0.2, 0.25) is 0 Å². The normalized spacial score (nSPS) is 16.1. The maximum atomic E-state index is 13.3. The lowest BCUT2D eigenvalue weighted by Crippen LogP contribution is -2.17. The Morgan fingerprint density at radius 1 is 1.41 bits per heavy atom. The summed E-state index contributed by atoms with van der Waals surface area (Å²) in [5, 5.41) is 0.848. The molecule has 0 N–H and O–H groups in total. The summed E-state index contributed by atoms with van der Waals surface area (Å²) in [7, 11) is 0. The van der Waals surface area contributed by atoms with Gasteiger partial charge >= 0.3 is 0 Å². The van der Waals surface area contributed by atoms with Gasteiger partial charge in [-0.3, -0.25) is 4.79 Å². The van der Waals surface area contributed by atoms with Crippen molar-refractivity contribution in [1.29, 1.82) is 0 Å². The van der Waals surface area contributed by atoms with Crippen LogP contribution in [0.4, 0.5) is 4.39 Å². The summed E-state index contributed by atoms with van der Waals surface area (Å²) in [5.74, 6) is 0.441. The SMILES string of the molecule is O=Cc1cn(CC2CCC2)c2cc(F)ccc12. The maximum Gasteiger partial charge on any atom is 0.152 e. The van der Waals surface area contributed by atoms with Gasteiger partial charge in [-0.2, -0.15) is 0 Å². The molecule has 0 unspecified atom stereocenters. The number of hydrogen-bond donors (Lipinski definition) is 0. The largest absolute Gasteiger partial charge is 0.346 e. The van der Waals surface area contributed by atoms with Gasteiger partial charge in [0.25, 0.3) is 0 Å². The zero-order valence-electron chi connectivity index (χ0n) is 9.53. The first kappa shape index (κ1) is 10.5. The van der Waals surface area contributed by atoms with E-state index in [-0.39, 0.29) is 5.82 Å². The van der Waals surface area contributed by atoms with Crippen molar-refractivity contribution in [1.82, 2.24) is 4.57 Å². The van der Waals surface area contributed by atoms with Gasteiger partial charge in [-0.05, 0) is 37.0 Å². The molecule has 1 heterocycles. The molecule has 0 atom stereocenters. The molecule has 1 fully saturated rings. The number of fused-ring (bicyclic) bond motifs is 1. The zero-order chi connectivity index (χ0) is 11.8. The van der Waals surface area contributed by atoms with E-state index in [1.165, 1.54) is 31.4 Å². The summed E-state index contributed by atoms with van der Waals surface area (Å²) in [5.41, 5.74) is 1.48. The molecule has 1 aliphatic rings. The molecule has 1 aromatic carbocycles. The Balaban J connectivity index is 2.08. The number of hydrogen-bond acceptors (Lipinski definition) is 1. The van der Waals surface area contributed by atoms with Crippen molar-refractivity contribution in [2.75, 3.05) is 0 Å². The average Bonchev–Trinajstić information content (AvgIpc) is 2.61. The lowest BCUT2D eigenvalue weighted by molar-refractivity contribution is 0.112. The van der Waals surface area contributed by atoms with E-state index in [4.69, 9.17) is 0 Å². The lowest BCUT2D eigenvalue weighted by atomic mass is 9.85. The number of aromatic nitrogens is 1. The van der Waals surface area contributed by atoms with Crippen LogP contribution >= 0.6 is 0 Å². The second kappa shape index (κ2) is 3.99. The standard InChI is InChI=1S/C14H14FNO/c15-12-4-5-13-11(9-17)8-16(14(13)6-12)7-10-2-1-3-10/h4-6,8-10H,1-3,7H2. The number of halogens is 1. The third-order valence-electron chi connectivity index (χ3n) is 3.68. The predicted molar refractivity (Wildman–Crippen MR) is 64.6 cm³/mol. The molecule has 0 aliphatic heterocycles. The first-order chi connectivity index (χ1) is 8.28. The number of rotatable bonds is 3. The van der Waals surface area contributed by atoms with Crippen molar-refractivity contribution in [3.05, 3.63) is 35.8 Å². The van der Waals surface area contributed by atoms with Gasteiger partial charge in [0.1, 0.15) is 5.82 Å². The van der Waals surface area contributed by atoms with Crippen LogP contribution in [0, 0.1) is 11.7 Å². The molecule has 2 nitrogen and oxygen atoms in total. The molecular formula is C14H14FNO. The van der Waals surface area contributed by atoms with E-state index < -0.39 is 0 Å². The molecule has 0 radical (unpaired) electrons. The Labute approximate surface area is 99.0 Å². The fourth-order valence-electron chi connectivity index (χ4n) is 2.49. The smallest absolute Gasteiger partial charge is 0.152 e. The van der Waals surface area contributed by atoms with Gasteiger partial charge in [0.2, 0.25) is 0 Å². The van der Waals surface area contributed by atoms with Crippen molar-refractivity contribution in [3.8, 4) is 0 Å². The van der Waals surface area contributed by atoms with E-state index in [9.17, 15) is 9.18 Å². The van der Waals surface area contributed by atoms with Crippen LogP contribution in [0.15, 0.2) is 24.4 Å². The van der Waals surface area contributed by atoms with Crippen LogP contribution in [-0.4, -0.2) is 10.9 Å². The Hall–Kier alpha value is -1.64. The zero-order valence-corrected chi connectivity index (χ0v) is 9.53. The molecule has 3 heteroatoms. The number of carbonyl (C=O) groups is 1. The second-order valence-corrected chi connectivity index (χ2v) is 4.81. The van der Waals surface area contributed by atoms with Gasteiger partial charge in [-0.1, -0.05) is 6.42 Å². The van der Waals surface area contributed by atoms with E-state index in [2.05, 4.69) is 0 Å². The summed E-state index contributed by atoms with van der Waals surface area (Å²) in [6, 6.07) is 4.61. The number of aldehydes is 1. The van der Waals surface area contributed by atoms with E-state index >= 15 is 0 Å². The Bertz CT molecular complexity index is 569. The lowest BCUT2D eigenvalue weighted by Gasteiger charge is -2.26. The van der Waals surface area contributed by atoms with Crippen molar-refractivity contribution in [2.24, 2.45) is 5.92 Å². The number of benzene rings is 1. The summed E-state index contributed by atoms with van der Waals surface area (Å²) >= 11 is 0. The summed E-state index contributed by atoms with van der Waals surface area (Å²) in [4.78, 5) is 11.0. The van der Waals surface area contributed by atoms with Crippen LogP contribution in [0.1, 0.15) is 29.6 Å². The van der Waals surface area contributed by atoms with Crippen molar-refractivity contribution >= 4 is 17.2 Å². The van der Waals surface area contributed by atoms with Crippen LogP contribution in [-0.2, 0) is 6.54 Å². The minimum atomic E-state index is -0.247. The van der Waals surface area contributed by atoms with E-state index in [0.717, 1.165) is 23.7 Å². The molecule has 0 bridgehead atoms. The Kier molecular flexibility index (Phi) is 2.46. The predicted octanol–water partition coefficient (Wildman–Crippen LogP) is 3.39. The van der Waals surface area contributed by atoms with E-state index in [0.29, 0.717) is 11.5 Å². The fourth-order valence-corrected chi connectivity index (χ4v) is 2.49. The molecule has 0 spiro atoms. The molecule has 17 heavy (non-hydrogen) atoms. The van der Waals surface area contributed by atoms with Gasteiger partial charge in [-0.15, -0.1) is 0 Å². The average molecular weight is 231 g/mol. The monoisotopic (exact) mass is 231 g/mol. The van der Waals surface area contributed by atoms with Crippen LogP contribution in [0.25, 0.3) is 10.9 Å². The Morgan fingerprint density at radius 2 is 2.24 bits per heavy atom. The fraction of sp³-hybridized carbons (Fsp3) is 0.357. The van der Waals surface area contributed by atoms with Gasteiger partial charge in [0, 0.05) is 23.7 Å². The van der Waals surface area contributed by atoms with Gasteiger partial charge in [0.15, 0.2) is 6.29 Å². The third kappa shape index (κ3) is 1.75. The second-order valence-electron chi connectivity index (χ2n) is 4.81. The topological polar surface area (TPSA) is 22.0 Å². The third-order valence-corrected chi connectivity index (χ3v) is 3.68. The Morgan fingerprint density at radius 3 is 2.88 bits per heavy atom. The minimum absolute atomic E-state index is 0.247. The highest BCUT2D eigenvalue weighted by Crippen LogP contribution is 2.30. The summed E-state index contributed by atoms with van der Waals surface area (Å²) in [6.07, 6.45) is 6.46. The molecule has 2 aromatic rings. The molecule has 0 saturated heterocycles. The van der Waals surface area contributed by atoms with Gasteiger partial charge < -0.3 is 4.57 Å². The molecule has 1 aliphatic carbocycles. The maximum absolute atomic E-state index is 13.3. The van der Waals surface area contributed by atoms with Crippen molar-refractivity contribution in [3.63, 3.8) is 0 Å². The van der Waals surface area contributed by atoms with E-state index in [1.54, 1.807) is 6.07 Å². The highest BCUT2D eigenvalue weighted by molar-refractivity contribution is 5.97. The molecule has 1 aromatic heterocycles. The molecule has 0 amide bonds.